The number of benzene rings is 2. The van der Waals surface area contributed by atoms with Crippen LogP contribution < -0.4 is 10.6 Å². The lowest BCUT2D eigenvalue weighted by Crippen LogP contribution is -2.24. The topological polar surface area (TPSA) is 87.9 Å². The lowest BCUT2D eigenvalue weighted by atomic mass is 9.99. The Balaban J connectivity index is 1.78. The molecule has 154 valence electrons. The van der Waals surface area contributed by atoms with E-state index in [1.165, 1.54) is 0 Å². The summed E-state index contributed by atoms with van der Waals surface area (Å²) in [6.45, 7) is 2.03. The van der Waals surface area contributed by atoms with Crippen molar-refractivity contribution in [3.63, 3.8) is 0 Å². The van der Waals surface area contributed by atoms with Gasteiger partial charge in [0.15, 0.2) is 17.0 Å². The summed E-state index contributed by atoms with van der Waals surface area (Å²) >= 11 is 0. The normalized spacial score (nSPS) is 12.3. The SMILES string of the molecule is CC[C@H](CO)Nc1nc(NC(c2ccccc2)c2ccccc2)c2ncn(C)c2n1. The molecule has 0 fully saturated rings. The predicted molar refractivity (Wildman–Crippen MR) is 119 cm³/mol. The number of imidazole rings is 1. The van der Waals surface area contributed by atoms with E-state index >= 15 is 0 Å². The first kappa shape index (κ1) is 19.8. The minimum atomic E-state index is -0.109. The number of aliphatic hydroxyl groups is 1. The predicted octanol–water partition coefficient (Wildman–Crippen LogP) is 3.75. The first-order valence-electron chi connectivity index (χ1n) is 10.1. The summed E-state index contributed by atoms with van der Waals surface area (Å²) in [5.74, 6) is 1.11. The molecule has 0 amide bonds. The zero-order chi connectivity index (χ0) is 20.9. The molecule has 0 aliphatic heterocycles. The second kappa shape index (κ2) is 8.92. The summed E-state index contributed by atoms with van der Waals surface area (Å²) in [6, 6.07) is 20.3. The van der Waals surface area contributed by atoms with Gasteiger partial charge >= 0.3 is 0 Å². The summed E-state index contributed by atoms with van der Waals surface area (Å²) < 4.78 is 1.87. The monoisotopic (exact) mass is 402 g/mol. The Labute approximate surface area is 175 Å². The van der Waals surface area contributed by atoms with Gasteiger partial charge in [-0.25, -0.2) is 4.98 Å². The Morgan fingerprint density at radius 1 is 0.933 bits per heavy atom. The smallest absolute Gasteiger partial charge is 0.227 e. The number of hydrogen-bond acceptors (Lipinski definition) is 6. The molecule has 0 spiro atoms. The van der Waals surface area contributed by atoms with Crippen molar-refractivity contribution in [2.24, 2.45) is 7.05 Å². The van der Waals surface area contributed by atoms with Crippen LogP contribution in [-0.2, 0) is 7.05 Å². The zero-order valence-electron chi connectivity index (χ0n) is 17.2. The fourth-order valence-electron chi connectivity index (χ4n) is 3.42. The first-order chi connectivity index (χ1) is 14.7. The summed E-state index contributed by atoms with van der Waals surface area (Å²) in [5.41, 5.74) is 3.69. The molecular weight excluding hydrogens is 376 g/mol. The van der Waals surface area contributed by atoms with Gasteiger partial charge < -0.3 is 20.3 Å². The molecule has 2 heterocycles. The highest BCUT2D eigenvalue weighted by Gasteiger charge is 2.19. The highest BCUT2D eigenvalue weighted by atomic mass is 16.3. The van der Waals surface area contributed by atoms with E-state index in [0.29, 0.717) is 17.3 Å². The number of aryl methyl sites for hydroxylation is 1. The molecule has 30 heavy (non-hydrogen) atoms. The standard InChI is InChI=1S/C23H26N6O/c1-3-18(14-30)25-23-27-21(20-22(28-23)29(2)15-24-20)26-19(16-10-6-4-7-11-16)17-12-8-5-9-13-17/h4-13,15,18-19,30H,3,14H2,1-2H3,(H2,25,26,27,28)/t18-/m1/s1. The third-order valence-electron chi connectivity index (χ3n) is 5.15. The Kier molecular flexibility index (Phi) is 5.90. The minimum absolute atomic E-state index is 0.0166. The number of aromatic nitrogens is 4. The molecule has 0 aliphatic carbocycles. The van der Waals surface area contributed by atoms with E-state index in [4.69, 9.17) is 4.98 Å². The third-order valence-corrected chi connectivity index (χ3v) is 5.15. The summed E-state index contributed by atoms with van der Waals surface area (Å²) in [7, 11) is 1.91. The number of anilines is 2. The van der Waals surface area contributed by atoms with E-state index in [1.54, 1.807) is 6.33 Å². The molecule has 0 bridgehead atoms. The van der Waals surface area contributed by atoms with Crippen LogP contribution >= 0.6 is 0 Å². The van der Waals surface area contributed by atoms with E-state index in [-0.39, 0.29) is 18.7 Å². The van der Waals surface area contributed by atoms with Gasteiger partial charge in [0.25, 0.3) is 0 Å². The maximum Gasteiger partial charge on any atom is 0.227 e. The highest BCUT2D eigenvalue weighted by Crippen LogP contribution is 2.29. The Bertz CT molecular complexity index is 1050. The molecule has 2 aromatic heterocycles. The quantitative estimate of drug-likeness (QED) is 0.416. The lowest BCUT2D eigenvalue weighted by Gasteiger charge is -2.21. The maximum atomic E-state index is 9.58. The summed E-state index contributed by atoms with van der Waals surface area (Å²) in [5, 5.41) is 16.4. The molecule has 4 aromatic rings. The van der Waals surface area contributed by atoms with Crippen molar-refractivity contribution < 1.29 is 5.11 Å². The Morgan fingerprint density at radius 2 is 1.57 bits per heavy atom. The van der Waals surface area contributed by atoms with Gasteiger partial charge in [-0.1, -0.05) is 67.6 Å². The number of nitrogens with one attached hydrogen (secondary N) is 2. The fraction of sp³-hybridized carbons (Fsp3) is 0.261. The van der Waals surface area contributed by atoms with Crippen LogP contribution in [0.2, 0.25) is 0 Å². The summed E-state index contributed by atoms with van der Waals surface area (Å²) in [6.07, 6.45) is 2.50. The number of aliphatic hydroxyl groups excluding tert-OH is 1. The second-order valence-electron chi connectivity index (χ2n) is 7.25. The first-order valence-corrected chi connectivity index (χ1v) is 10.1. The maximum absolute atomic E-state index is 9.58. The van der Waals surface area contributed by atoms with Crippen molar-refractivity contribution >= 4 is 22.9 Å². The average molecular weight is 403 g/mol. The number of rotatable bonds is 8. The van der Waals surface area contributed by atoms with Crippen LogP contribution in [0.4, 0.5) is 11.8 Å². The van der Waals surface area contributed by atoms with Crippen LogP contribution in [0.1, 0.15) is 30.5 Å². The molecular formula is C23H26N6O. The van der Waals surface area contributed by atoms with E-state index in [9.17, 15) is 5.11 Å². The number of hydrogen-bond donors (Lipinski definition) is 3. The molecule has 1 atom stereocenters. The van der Waals surface area contributed by atoms with Crippen LogP contribution in [0.25, 0.3) is 11.2 Å². The molecule has 7 heteroatoms. The van der Waals surface area contributed by atoms with Crippen molar-refractivity contribution in [3.8, 4) is 0 Å². The molecule has 0 saturated heterocycles. The molecule has 0 radical (unpaired) electrons. The molecule has 4 rings (SSSR count). The van der Waals surface area contributed by atoms with Gasteiger partial charge in [0, 0.05) is 7.05 Å². The van der Waals surface area contributed by atoms with Gasteiger partial charge in [-0.05, 0) is 17.5 Å². The molecule has 2 aromatic carbocycles. The molecule has 3 N–H and O–H groups in total. The lowest BCUT2D eigenvalue weighted by molar-refractivity contribution is 0.271. The van der Waals surface area contributed by atoms with Crippen molar-refractivity contribution in [2.45, 2.75) is 25.4 Å². The van der Waals surface area contributed by atoms with Crippen LogP contribution in [0.15, 0.2) is 67.0 Å². The van der Waals surface area contributed by atoms with Crippen molar-refractivity contribution in [2.75, 3.05) is 17.2 Å². The molecule has 0 aliphatic rings. The van der Waals surface area contributed by atoms with Crippen LogP contribution in [0.5, 0.6) is 0 Å². The number of nitrogens with zero attached hydrogens (tertiary/aromatic N) is 4. The highest BCUT2D eigenvalue weighted by molar-refractivity contribution is 5.84. The van der Waals surface area contributed by atoms with E-state index < -0.39 is 0 Å². The van der Waals surface area contributed by atoms with Crippen molar-refractivity contribution in [1.29, 1.82) is 0 Å². The van der Waals surface area contributed by atoms with Gasteiger partial charge in [0.1, 0.15) is 0 Å². The van der Waals surface area contributed by atoms with E-state index in [1.807, 2.05) is 54.9 Å². The molecule has 7 nitrogen and oxygen atoms in total. The summed E-state index contributed by atoms with van der Waals surface area (Å²) in [4.78, 5) is 13.8. The third kappa shape index (κ3) is 4.11. The van der Waals surface area contributed by atoms with Gasteiger partial charge in [-0.15, -0.1) is 0 Å². The Morgan fingerprint density at radius 3 is 2.13 bits per heavy atom. The second-order valence-corrected chi connectivity index (χ2v) is 7.25. The van der Waals surface area contributed by atoms with Crippen LogP contribution in [0.3, 0.4) is 0 Å². The van der Waals surface area contributed by atoms with E-state index in [0.717, 1.165) is 23.2 Å². The largest absolute Gasteiger partial charge is 0.394 e. The van der Waals surface area contributed by atoms with E-state index in [2.05, 4.69) is 44.9 Å². The van der Waals surface area contributed by atoms with Gasteiger partial charge in [-0.3, -0.25) is 0 Å². The van der Waals surface area contributed by atoms with Crippen molar-refractivity contribution in [1.82, 2.24) is 19.5 Å². The fourth-order valence-corrected chi connectivity index (χ4v) is 3.42. The van der Waals surface area contributed by atoms with Gasteiger partial charge in [0.2, 0.25) is 5.95 Å². The van der Waals surface area contributed by atoms with Crippen LogP contribution in [-0.4, -0.2) is 37.3 Å². The Hall–Kier alpha value is -3.45. The van der Waals surface area contributed by atoms with Gasteiger partial charge in [-0.2, -0.15) is 9.97 Å². The van der Waals surface area contributed by atoms with Gasteiger partial charge in [0.05, 0.1) is 25.0 Å². The molecule has 0 unspecified atom stereocenters. The minimum Gasteiger partial charge on any atom is -0.394 e. The number of fused-ring (bicyclic) bond motifs is 1. The molecule has 0 saturated carbocycles. The zero-order valence-corrected chi connectivity index (χ0v) is 17.2. The van der Waals surface area contributed by atoms with Crippen molar-refractivity contribution in [3.05, 3.63) is 78.1 Å². The average Bonchev–Trinajstić information content (AvgIpc) is 3.17. The van der Waals surface area contributed by atoms with Crippen LogP contribution in [0, 0.1) is 0 Å².